The van der Waals surface area contributed by atoms with Crippen LogP contribution < -0.4 is 10.6 Å². The Morgan fingerprint density at radius 1 is 1.22 bits per heavy atom. The maximum Gasteiger partial charge on any atom is 0.433 e. The Morgan fingerprint density at radius 2 is 1.97 bits per heavy atom. The highest BCUT2D eigenvalue weighted by atomic mass is 32.1. The molecule has 0 bridgehead atoms. The molecule has 36 heavy (non-hydrogen) atoms. The lowest BCUT2D eigenvalue weighted by Crippen LogP contribution is -2.39. The standard InChI is InChI=1S/C24H26F3N5O3S/c1-14-10-16(12-17(11-14)31-22-29-7-4-19(32-22)24(25,26)27)18-13-30-21(36-18)23(35)5-2-15(3-6-23)20(34)28-8-9-33/h4,7,10-13,15,33,35H,2-3,5-6,8-9H2,1H3,(H,28,34)(H,29,31,32). The summed E-state index contributed by atoms with van der Waals surface area (Å²) in [6, 6.07) is 6.26. The van der Waals surface area contributed by atoms with E-state index in [1.165, 1.54) is 11.3 Å². The lowest BCUT2D eigenvalue weighted by Gasteiger charge is -2.33. The molecule has 1 aliphatic carbocycles. The zero-order valence-corrected chi connectivity index (χ0v) is 20.3. The summed E-state index contributed by atoms with van der Waals surface area (Å²) in [5.41, 5.74) is 0.00752. The van der Waals surface area contributed by atoms with Crippen molar-refractivity contribution < 1.29 is 28.2 Å². The van der Waals surface area contributed by atoms with Gasteiger partial charge in [0.2, 0.25) is 11.9 Å². The van der Waals surface area contributed by atoms with Gasteiger partial charge in [-0.25, -0.2) is 15.0 Å². The van der Waals surface area contributed by atoms with E-state index in [0.717, 1.165) is 28.3 Å². The van der Waals surface area contributed by atoms with E-state index in [9.17, 15) is 23.1 Å². The summed E-state index contributed by atoms with van der Waals surface area (Å²) in [4.78, 5) is 24.8. The smallest absolute Gasteiger partial charge is 0.395 e. The fraction of sp³-hybridized carbons (Fsp3) is 0.417. The lowest BCUT2D eigenvalue weighted by atomic mass is 9.78. The molecule has 12 heteroatoms. The zero-order valence-electron chi connectivity index (χ0n) is 19.5. The predicted octanol–water partition coefficient (Wildman–Crippen LogP) is 4.16. The molecule has 4 N–H and O–H groups in total. The average Bonchev–Trinajstić information content (AvgIpc) is 3.34. The molecule has 1 aromatic carbocycles. The fourth-order valence-electron chi connectivity index (χ4n) is 4.22. The van der Waals surface area contributed by atoms with Crippen molar-refractivity contribution in [3.8, 4) is 10.4 Å². The van der Waals surface area contributed by atoms with Crippen molar-refractivity contribution in [3.05, 3.63) is 52.9 Å². The Kier molecular flexibility index (Phi) is 7.57. The van der Waals surface area contributed by atoms with E-state index in [1.54, 1.807) is 18.3 Å². The normalized spacial score (nSPS) is 20.2. The number of nitrogens with one attached hydrogen (secondary N) is 2. The van der Waals surface area contributed by atoms with Crippen molar-refractivity contribution in [2.75, 3.05) is 18.5 Å². The highest BCUT2D eigenvalue weighted by Gasteiger charge is 2.39. The second-order valence-corrected chi connectivity index (χ2v) is 9.86. The summed E-state index contributed by atoms with van der Waals surface area (Å²) < 4.78 is 38.9. The molecule has 4 rings (SSSR count). The van der Waals surface area contributed by atoms with Gasteiger partial charge in [0.25, 0.3) is 0 Å². The van der Waals surface area contributed by atoms with Crippen LogP contribution in [0.4, 0.5) is 24.8 Å². The van der Waals surface area contributed by atoms with Crippen molar-refractivity contribution in [3.63, 3.8) is 0 Å². The molecule has 2 heterocycles. The number of rotatable bonds is 7. The van der Waals surface area contributed by atoms with Gasteiger partial charge < -0.3 is 20.8 Å². The fourth-order valence-corrected chi connectivity index (χ4v) is 5.27. The van der Waals surface area contributed by atoms with Gasteiger partial charge in [0, 0.05) is 30.5 Å². The Labute approximate surface area is 209 Å². The van der Waals surface area contributed by atoms with E-state index in [4.69, 9.17) is 5.11 Å². The van der Waals surface area contributed by atoms with Gasteiger partial charge in [0.1, 0.15) is 16.3 Å². The van der Waals surface area contributed by atoms with Crippen molar-refractivity contribution in [1.29, 1.82) is 0 Å². The maximum absolute atomic E-state index is 13.0. The number of nitrogens with zero attached hydrogens (tertiary/aromatic N) is 3. The number of thiazole rings is 1. The number of aromatic nitrogens is 3. The molecular formula is C24H26F3N5O3S. The minimum absolute atomic E-state index is 0.115. The Bertz CT molecular complexity index is 1230. The molecule has 2 aromatic heterocycles. The third-order valence-corrected chi connectivity index (χ3v) is 7.30. The van der Waals surface area contributed by atoms with Crippen molar-refractivity contribution in [2.24, 2.45) is 5.92 Å². The van der Waals surface area contributed by atoms with Crippen LogP contribution in [0.5, 0.6) is 0 Å². The van der Waals surface area contributed by atoms with Crippen LogP contribution in [0.15, 0.2) is 36.7 Å². The van der Waals surface area contributed by atoms with Crippen LogP contribution in [-0.4, -0.2) is 44.2 Å². The van der Waals surface area contributed by atoms with Crippen LogP contribution in [-0.2, 0) is 16.6 Å². The summed E-state index contributed by atoms with van der Waals surface area (Å²) in [7, 11) is 0. The highest BCUT2D eigenvalue weighted by molar-refractivity contribution is 7.15. The molecule has 0 aliphatic heterocycles. The maximum atomic E-state index is 13.0. The van der Waals surface area contributed by atoms with Gasteiger partial charge in [-0.1, -0.05) is 6.07 Å². The second-order valence-electron chi connectivity index (χ2n) is 8.83. The molecule has 3 aromatic rings. The van der Waals surface area contributed by atoms with Crippen molar-refractivity contribution in [2.45, 2.75) is 44.4 Å². The summed E-state index contributed by atoms with van der Waals surface area (Å²) in [5, 5.41) is 26.2. The minimum atomic E-state index is -4.57. The van der Waals surface area contributed by atoms with Crippen LogP contribution in [0.25, 0.3) is 10.4 Å². The van der Waals surface area contributed by atoms with E-state index in [0.29, 0.717) is 36.4 Å². The molecule has 1 aliphatic rings. The van der Waals surface area contributed by atoms with Crippen LogP contribution in [0, 0.1) is 12.8 Å². The molecule has 8 nitrogen and oxygen atoms in total. The van der Waals surface area contributed by atoms with Gasteiger partial charge in [-0.2, -0.15) is 13.2 Å². The molecule has 192 valence electrons. The Balaban J connectivity index is 1.49. The number of anilines is 2. The molecule has 0 saturated heterocycles. The largest absolute Gasteiger partial charge is 0.433 e. The molecule has 1 amide bonds. The number of aliphatic hydroxyl groups is 2. The first-order valence-corrected chi connectivity index (χ1v) is 12.3. The topological polar surface area (TPSA) is 120 Å². The number of alkyl halides is 3. The van der Waals surface area contributed by atoms with Gasteiger partial charge in [0.05, 0.1) is 11.5 Å². The number of halogens is 3. The van der Waals surface area contributed by atoms with Gasteiger partial charge in [0.15, 0.2) is 0 Å². The molecule has 0 unspecified atom stereocenters. The number of amides is 1. The number of aryl methyl sites for hydroxylation is 1. The van der Waals surface area contributed by atoms with Gasteiger partial charge >= 0.3 is 6.18 Å². The first-order valence-electron chi connectivity index (χ1n) is 11.4. The first kappa shape index (κ1) is 26.0. The quantitative estimate of drug-likeness (QED) is 0.369. The Morgan fingerprint density at radius 3 is 2.67 bits per heavy atom. The van der Waals surface area contributed by atoms with Crippen LogP contribution in [0.3, 0.4) is 0 Å². The van der Waals surface area contributed by atoms with Crippen LogP contribution >= 0.6 is 11.3 Å². The van der Waals surface area contributed by atoms with Crippen LogP contribution in [0.2, 0.25) is 0 Å². The average molecular weight is 522 g/mol. The Hall–Kier alpha value is -3.09. The highest BCUT2D eigenvalue weighted by Crippen LogP contribution is 2.43. The second kappa shape index (κ2) is 10.5. The lowest BCUT2D eigenvalue weighted by molar-refractivity contribution is -0.141. The monoisotopic (exact) mass is 521 g/mol. The number of benzene rings is 1. The van der Waals surface area contributed by atoms with Gasteiger partial charge in [-0.15, -0.1) is 11.3 Å². The number of carbonyl (C=O) groups is 1. The summed E-state index contributed by atoms with van der Waals surface area (Å²) in [6.45, 7) is 1.95. The third-order valence-electron chi connectivity index (χ3n) is 6.06. The van der Waals surface area contributed by atoms with E-state index in [1.807, 2.05) is 13.0 Å². The molecule has 1 saturated carbocycles. The summed E-state index contributed by atoms with van der Waals surface area (Å²) in [5.74, 6) is -0.490. The number of hydrogen-bond acceptors (Lipinski definition) is 8. The number of aliphatic hydroxyl groups excluding tert-OH is 1. The molecule has 1 fully saturated rings. The predicted molar refractivity (Wildman–Crippen MR) is 129 cm³/mol. The van der Waals surface area contributed by atoms with E-state index in [-0.39, 0.29) is 30.9 Å². The van der Waals surface area contributed by atoms with Crippen molar-refractivity contribution >= 4 is 28.9 Å². The SMILES string of the molecule is Cc1cc(Nc2nccc(C(F)(F)F)n2)cc(-c2cnc(C3(O)CCC(C(=O)NCCO)CC3)s2)c1. The van der Waals surface area contributed by atoms with Crippen molar-refractivity contribution in [1.82, 2.24) is 20.3 Å². The van der Waals surface area contributed by atoms with E-state index >= 15 is 0 Å². The van der Waals surface area contributed by atoms with E-state index in [2.05, 4.69) is 25.6 Å². The third kappa shape index (κ3) is 6.00. The van der Waals surface area contributed by atoms with Gasteiger partial charge in [-0.05, 0) is 61.9 Å². The zero-order chi connectivity index (χ0) is 25.9. The first-order chi connectivity index (χ1) is 17.1. The van der Waals surface area contributed by atoms with Gasteiger partial charge in [-0.3, -0.25) is 4.79 Å². The van der Waals surface area contributed by atoms with Crippen LogP contribution in [0.1, 0.15) is 41.9 Å². The molecule has 0 radical (unpaired) electrons. The summed E-state index contributed by atoms with van der Waals surface area (Å²) >= 11 is 1.34. The number of carbonyl (C=O) groups excluding carboxylic acids is 1. The number of hydrogen-bond donors (Lipinski definition) is 4. The molecular weight excluding hydrogens is 495 g/mol. The molecule has 0 atom stereocenters. The van der Waals surface area contributed by atoms with E-state index < -0.39 is 17.5 Å². The summed E-state index contributed by atoms with van der Waals surface area (Å²) in [6.07, 6.45) is -0.0438. The minimum Gasteiger partial charge on any atom is -0.395 e. The molecule has 0 spiro atoms.